The average molecular weight is 374 g/mol. The molecule has 0 aromatic carbocycles. The summed E-state index contributed by atoms with van der Waals surface area (Å²) in [5, 5.41) is 2.77. The molecule has 0 aliphatic heterocycles. The van der Waals surface area contributed by atoms with Gasteiger partial charge in [-0.05, 0) is 26.8 Å². The van der Waals surface area contributed by atoms with Gasteiger partial charge in [0.1, 0.15) is 0 Å². The Bertz CT molecular complexity index is 562. The van der Waals surface area contributed by atoms with Crippen molar-refractivity contribution in [3.05, 3.63) is 22.5 Å². The second kappa shape index (κ2) is 8.44. The first-order chi connectivity index (χ1) is 11.5. The van der Waals surface area contributed by atoms with Crippen molar-refractivity contribution in [2.24, 2.45) is 0 Å². The molecule has 0 aliphatic rings. The van der Waals surface area contributed by atoms with E-state index >= 15 is 0 Å². The highest BCUT2D eigenvalue weighted by Crippen LogP contribution is 2.47. The Kier molecular flexibility index (Phi) is 7.37. The van der Waals surface area contributed by atoms with Crippen LogP contribution < -0.4 is 5.32 Å². The van der Waals surface area contributed by atoms with Gasteiger partial charge in [-0.25, -0.2) is 0 Å². The summed E-state index contributed by atoms with van der Waals surface area (Å²) in [4.78, 5) is 0. The number of methoxy groups -OCH3 is 1. The van der Waals surface area contributed by atoms with E-state index in [4.69, 9.17) is 4.74 Å². The van der Waals surface area contributed by atoms with E-state index in [1.807, 2.05) is 0 Å². The van der Waals surface area contributed by atoms with E-state index in [1.165, 1.54) is 7.11 Å². The SMILES string of the molecule is CC[C@H](CNC)c1c(C(F)(F)F)c(C(F)(F)F)c(C)n1CCCOC. The van der Waals surface area contributed by atoms with E-state index in [0.717, 1.165) is 11.5 Å². The summed E-state index contributed by atoms with van der Waals surface area (Å²) in [5.41, 5.74) is -3.84. The topological polar surface area (TPSA) is 26.2 Å². The molecule has 1 N–H and O–H groups in total. The standard InChI is InChI=1S/C16H24F6N2O/c1-5-11(9-23-3)14-13(16(20,21)22)12(15(17,18)19)10(2)24(14)7-6-8-25-4/h11,23H,5-9H2,1-4H3/t11-/m1/s1. The Hall–Kier alpha value is -1.22. The second-order valence-electron chi connectivity index (χ2n) is 5.88. The van der Waals surface area contributed by atoms with Crippen molar-refractivity contribution >= 4 is 0 Å². The summed E-state index contributed by atoms with van der Waals surface area (Å²) in [7, 11) is 2.99. The third kappa shape index (κ3) is 4.91. The van der Waals surface area contributed by atoms with Crippen molar-refractivity contribution in [2.75, 3.05) is 27.3 Å². The first-order valence-corrected chi connectivity index (χ1v) is 8.01. The number of ether oxygens (including phenoxy) is 1. The van der Waals surface area contributed by atoms with E-state index < -0.39 is 35.1 Å². The number of nitrogens with one attached hydrogen (secondary N) is 1. The quantitative estimate of drug-likeness (QED) is 0.532. The number of hydrogen-bond acceptors (Lipinski definition) is 2. The maximum absolute atomic E-state index is 13.6. The molecule has 0 saturated carbocycles. The molecular weight excluding hydrogens is 350 g/mol. The fraction of sp³-hybridized carbons (Fsp3) is 0.750. The van der Waals surface area contributed by atoms with Gasteiger partial charge in [0.2, 0.25) is 0 Å². The minimum Gasteiger partial charge on any atom is -0.385 e. The molecule has 0 aliphatic carbocycles. The first-order valence-electron chi connectivity index (χ1n) is 8.01. The highest BCUT2D eigenvalue weighted by Gasteiger charge is 2.49. The lowest BCUT2D eigenvalue weighted by molar-refractivity contribution is -0.162. The number of hydrogen-bond donors (Lipinski definition) is 1. The number of aromatic nitrogens is 1. The lowest BCUT2D eigenvalue weighted by atomic mass is 9.96. The van der Waals surface area contributed by atoms with Crippen molar-refractivity contribution in [3.63, 3.8) is 0 Å². The summed E-state index contributed by atoms with van der Waals surface area (Å²) < 4.78 is 87.1. The van der Waals surface area contributed by atoms with Crippen molar-refractivity contribution in [2.45, 2.75) is 51.5 Å². The van der Waals surface area contributed by atoms with Gasteiger partial charge in [0.05, 0.1) is 11.1 Å². The van der Waals surface area contributed by atoms with E-state index in [1.54, 1.807) is 14.0 Å². The van der Waals surface area contributed by atoms with Crippen molar-refractivity contribution < 1.29 is 31.1 Å². The molecular formula is C16H24F6N2O. The fourth-order valence-electron chi connectivity index (χ4n) is 3.15. The number of rotatable bonds is 8. The Morgan fingerprint density at radius 3 is 2.04 bits per heavy atom. The van der Waals surface area contributed by atoms with Gasteiger partial charge in [0.25, 0.3) is 0 Å². The van der Waals surface area contributed by atoms with Crippen LogP contribution in [0, 0.1) is 6.92 Å². The van der Waals surface area contributed by atoms with Gasteiger partial charge in [0, 0.05) is 44.1 Å². The van der Waals surface area contributed by atoms with Crippen LogP contribution in [0.3, 0.4) is 0 Å². The van der Waals surface area contributed by atoms with Crippen LogP contribution >= 0.6 is 0 Å². The smallest absolute Gasteiger partial charge is 0.385 e. The van der Waals surface area contributed by atoms with Crippen LogP contribution in [0.1, 0.15) is 48.2 Å². The lowest BCUT2D eigenvalue weighted by Crippen LogP contribution is -2.23. The Labute approximate surface area is 143 Å². The first kappa shape index (κ1) is 21.8. The Balaban J connectivity index is 3.71. The predicted molar refractivity (Wildman–Crippen MR) is 82.6 cm³/mol. The number of likely N-dealkylation sites (N-methyl/N-ethyl adjacent to an activating group) is 1. The minimum absolute atomic E-state index is 0.0361. The van der Waals surface area contributed by atoms with Crippen LogP contribution in [0.15, 0.2) is 0 Å². The van der Waals surface area contributed by atoms with Gasteiger partial charge in [-0.3, -0.25) is 0 Å². The Morgan fingerprint density at radius 2 is 1.64 bits per heavy atom. The average Bonchev–Trinajstić information content (AvgIpc) is 2.78. The van der Waals surface area contributed by atoms with Crippen LogP contribution in [0.25, 0.3) is 0 Å². The summed E-state index contributed by atoms with van der Waals surface area (Å²) in [6.07, 6.45) is -9.55. The molecule has 0 spiro atoms. The van der Waals surface area contributed by atoms with E-state index in [-0.39, 0.29) is 31.8 Å². The zero-order chi connectivity index (χ0) is 19.4. The molecule has 146 valence electrons. The maximum atomic E-state index is 13.6. The largest absolute Gasteiger partial charge is 0.418 e. The van der Waals surface area contributed by atoms with Crippen molar-refractivity contribution in [1.29, 1.82) is 0 Å². The molecule has 0 radical (unpaired) electrons. The van der Waals surface area contributed by atoms with Crippen molar-refractivity contribution in [1.82, 2.24) is 9.88 Å². The molecule has 9 heteroatoms. The molecule has 0 amide bonds. The third-order valence-corrected chi connectivity index (χ3v) is 4.19. The molecule has 0 fully saturated rings. The van der Waals surface area contributed by atoms with E-state index in [2.05, 4.69) is 5.32 Å². The van der Waals surface area contributed by atoms with Crippen molar-refractivity contribution in [3.8, 4) is 0 Å². The second-order valence-corrected chi connectivity index (χ2v) is 5.88. The van der Waals surface area contributed by atoms with Crippen LogP contribution in [0.2, 0.25) is 0 Å². The van der Waals surface area contributed by atoms with E-state index in [0.29, 0.717) is 6.42 Å². The summed E-state index contributed by atoms with van der Waals surface area (Å²) in [6, 6.07) is 0. The highest BCUT2D eigenvalue weighted by molar-refractivity contribution is 5.44. The van der Waals surface area contributed by atoms with Gasteiger partial charge in [-0.15, -0.1) is 0 Å². The summed E-state index contributed by atoms with van der Waals surface area (Å²) in [5.74, 6) is -0.682. The molecule has 1 rings (SSSR count). The molecule has 3 nitrogen and oxygen atoms in total. The Morgan fingerprint density at radius 1 is 1.08 bits per heavy atom. The lowest BCUT2D eigenvalue weighted by Gasteiger charge is -2.22. The van der Waals surface area contributed by atoms with Crippen LogP contribution in [-0.4, -0.2) is 31.9 Å². The molecule has 1 heterocycles. The zero-order valence-corrected chi connectivity index (χ0v) is 14.7. The van der Waals surface area contributed by atoms with Crippen LogP contribution in [0.4, 0.5) is 26.3 Å². The molecule has 0 unspecified atom stereocenters. The van der Waals surface area contributed by atoms with Gasteiger partial charge in [-0.2, -0.15) is 26.3 Å². The van der Waals surface area contributed by atoms with E-state index in [9.17, 15) is 26.3 Å². The number of alkyl halides is 6. The molecule has 1 aromatic heterocycles. The minimum atomic E-state index is -5.08. The monoisotopic (exact) mass is 374 g/mol. The van der Waals surface area contributed by atoms with Gasteiger partial charge < -0.3 is 14.6 Å². The molecule has 1 aromatic rings. The van der Waals surface area contributed by atoms with Gasteiger partial charge in [-0.1, -0.05) is 6.92 Å². The molecule has 1 atom stereocenters. The molecule has 0 bridgehead atoms. The van der Waals surface area contributed by atoms with Crippen LogP contribution in [-0.2, 0) is 23.6 Å². The number of halogens is 6. The summed E-state index contributed by atoms with van der Waals surface area (Å²) in [6.45, 7) is 3.21. The summed E-state index contributed by atoms with van der Waals surface area (Å²) >= 11 is 0. The fourth-order valence-corrected chi connectivity index (χ4v) is 3.15. The van der Waals surface area contributed by atoms with Crippen LogP contribution in [0.5, 0.6) is 0 Å². The highest BCUT2D eigenvalue weighted by atomic mass is 19.4. The molecule has 25 heavy (non-hydrogen) atoms. The normalized spacial score (nSPS) is 14.2. The third-order valence-electron chi connectivity index (χ3n) is 4.19. The van der Waals surface area contributed by atoms with Gasteiger partial charge in [0.15, 0.2) is 0 Å². The number of nitrogens with zero attached hydrogens (tertiary/aromatic N) is 1. The predicted octanol–water partition coefficient (Wildman–Crippen LogP) is 4.58. The van der Waals surface area contributed by atoms with Gasteiger partial charge >= 0.3 is 12.4 Å². The molecule has 0 saturated heterocycles. The zero-order valence-electron chi connectivity index (χ0n) is 14.7. The maximum Gasteiger partial charge on any atom is 0.418 e.